The van der Waals surface area contributed by atoms with Gasteiger partial charge in [-0.1, -0.05) is 12.1 Å². The molecular formula is C16H23NO2. The standard InChI is InChI=1S/C16H23NO2/c1-12(2)17(14-7-8-14)16(18)11-6-13-4-9-15(19-3)10-5-13/h4-5,9-10,12,14H,6-8,11H2,1-3H3. The highest BCUT2D eigenvalue weighted by Gasteiger charge is 2.33. The fourth-order valence-electron chi connectivity index (χ4n) is 2.44. The van der Waals surface area contributed by atoms with E-state index in [4.69, 9.17) is 4.74 Å². The van der Waals surface area contributed by atoms with E-state index in [0.717, 1.165) is 12.2 Å². The van der Waals surface area contributed by atoms with Crippen LogP contribution >= 0.6 is 0 Å². The Labute approximate surface area is 115 Å². The van der Waals surface area contributed by atoms with Crippen molar-refractivity contribution >= 4 is 5.91 Å². The maximum Gasteiger partial charge on any atom is 0.223 e. The minimum Gasteiger partial charge on any atom is -0.497 e. The molecule has 3 heteroatoms. The van der Waals surface area contributed by atoms with E-state index in [9.17, 15) is 4.79 Å². The minimum atomic E-state index is 0.285. The van der Waals surface area contributed by atoms with Crippen molar-refractivity contribution in [2.24, 2.45) is 0 Å². The Morgan fingerprint density at radius 2 is 1.95 bits per heavy atom. The van der Waals surface area contributed by atoms with E-state index in [2.05, 4.69) is 18.7 Å². The molecule has 0 saturated heterocycles. The van der Waals surface area contributed by atoms with Gasteiger partial charge in [0.05, 0.1) is 7.11 Å². The lowest BCUT2D eigenvalue weighted by molar-refractivity contribution is -0.133. The van der Waals surface area contributed by atoms with Gasteiger partial charge in [0.2, 0.25) is 5.91 Å². The van der Waals surface area contributed by atoms with Gasteiger partial charge >= 0.3 is 0 Å². The topological polar surface area (TPSA) is 29.5 Å². The van der Waals surface area contributed by atoms with Crippen molar-refractivity contribution in [3.05, 3.63) is 29.8 Å². The molecule has 0 aliphatic heterocycles. The fourth-order valence-corrected chi connectivity index (χ4v) is 2.44. The predicted octanol–water partition coefficient (Wildman–Crippen LogP) is 3.03. The van der Waals surface area contributed by atoms with E-state index < -0.39 is 0 Å². The summed E-state index contributed by atoms with van der Waals surface area (Å²) in [5.41, 5.74) is 1.19. The normalized spacial score (nSPS) is 14.5. The third kappa shape index (κ3) is 3.72. The summed E-state index contributed by atoms with van der Waals surface area (Å²) in [6, 6.07) is 8.77. The Morgan fingerprint density at radius 1 is 1.32 bits per heavy atom. The van der Waals surface area contributed by atoms with E-state index in [1.54, 1.807) is 7.11 Å². The zero-order chi connectivity index (χ0) is 13.8. The summed E-state index contributed by atoms with van der Waals surface area (Å²) >= 11 is 0. The molecule has 1 saturated carbocycles. The van der Waals surface area contributed by atoms with Crippen LogP contribution in [0.4, 0.5) is 0 Å². The number of aryl methyl sites for hydroxylation is 1. The van der Waals surface area contributed by atoms with Gasteiger partial charge in [0.15, 0.2) is 0 Å². The first-order valence-corrected chi connectivity index (χ1v) is 7.06. The van der Waals surface area contributed by atoms with Gasteiger partial charge in [-0.2, -0.15) is 0 Å². The zero-order valence-electron chi connectivity index (χ0n) is 12.1. The van der Waals surface area contributed by atoms with E-state index in [0.29, 0.717) is 18.5 Å². The summed E-state index contributed by atoms with van der Waals surface area (Å²) in [7, 11) is 1.66. The summed E-state index contributed by atoms with van der Waals surface area (Å²) in [5, 5.41) is 0. The molecule has 0 bridgehead atoms. The molecule has 3 nitrogen and oxygen atoms in total. The Hall–Kier alpha value is -1.51. The van der Waals surface area contributed by atoms with Crippen molar-refractivity contribution in [3.63, 3.8) is 0 Å². The number of amides is 1. The van der Waals surface area contributed by atoms with Crippen LogP contribution in [0.25, 0.3) is 0 Å². The Morgan fingerprint density at radius 3 is 2.42 bits per heavy atom. The largest absolute Gasteiger partial charge is 0.497 e. The number of rotatable bonds is 6. The smallest absolute Gasteiger partial charge is 0.223 e. The van der Waals surface area contributed by atoms with Crippen molar-refractivity contribution < 1.29 is 9.53 Å². The van der Waals surface area contributed by atoms with Gasteiger partial charge in [0.25, 0.3) is 0 Å². The van der Waals surface area contributed by atoms with E-state index in [1.807, 2.05) is 24.3 Å². The van der Waals surface area contributed by atoms with E-state index in [1.165, 1.54) is 18.4 Å². The van der Waals surface area contributed by atoms with Crippen molar-refractivity contribution in [2.75, 3.05) is 7.11 Å². The summed E-state index contributed by atoms with van der Waals surface area (Å²) in [5.74, 6) is 1.14. The second-order valence-corrected chi connectivity index (χ2v) is 5.47. The molecule has 19 heavy (non-hydrogen) atoms. The van der Waals surface area contributed by atoms with Crippen molar-refractivity contribution in [3.8, 4) is 5.75 Å². The van der Waals surface area contributed by atoms with Gasteiger partial charge in [0, 0.05) is 18.5 Å². The van der Waals surface area contributed by atoms with Crippen LogP contribution in [0.5, 0.6) is 5.75 Å². The van der Waals surface area contributed by atoms with E-state index in [-0.39, 0.29) is 5.91 Å². The average Bonchev–Trinajstić information content (AvgIpc) is 3.21. The lowest BCUT2D eigenvalue weighted by atomic mass is 10.1. The van der Waals surface area contributed by atoms with Crippen LogP contribution in [0.15, 0.2) is 24.3 Å². The Bertz CT molecular complexity index is 419. The number of carbonyl (C=O) groups excluding carboxylic acids is 1. The zero-order valence-corrected chi connectivity index (χ0v) is 12.1. The molecule has 104 valence electrons. The molecule has 0 aromatic heterocycles. The quantitative estimate of drug-likeness (QED) is 0.787. The molecule has 0 heterocycles. The number of methoxy groups -OCH3 is 1. The lowest BCUT2D eigenvalue weighted by Gasteiger charge is -2.26. The second kappa shape index (κ2) is 6.09. The first-order valence-electron chi connectivity index (χ1n) is 7.06. The molecule has 2 rings (SSSR count). The number of hydrogen-bond donors (Lipinski definition) is 0. The van der Waals surface area contributed by atoms with Crippen LogP contribution in [-0.4, -0.2) is 30.0 Å². The fraction of sp³-hybridized carbons (Fsp3) is 0.562. The number of benzene rings is 1. The molecule has 1 aromatic rings. The molecule has 1 aromatic carbocycles. The first-order chi connectivity index (χ1) is 9.11. The maximum atomic E-state index is 12.3. The molecule has 1 aliphatic carbocycles. The first kappa shape index (κ1) is 13.9. The van der Waals surface area contributed by atoms with Crippen molar-refractivity contribution in [1.29, 1.82) is 0 Å². The van der Waals surface area contributed by atoms with Crippen LogP contribution in [0.1, 0.15) is 38.7 Å². The number of ether oxygens (including phenoxy) is 1. The molecular weight excluding hydrogens is 238 g/mol. The summed E-state index contributed by atoms with van der Waals surface area (Å²) < 4.78 is 5.13. The molecule has 1 aliphatic rings. The van der Waals surface area contributed by atoms with Gasteiger partial charge in [-0.05, 0) is 50.8 Å². The predicted molar refractivity (Wildman–Crippen MR) is 76.3 cm³/mol. The molecule has 0 unspecified atom stereocenters. The highest BCUT2D eigenvalue weighted by molar-refractivity contribution is 5.77. The van der Waals surface area contributed by atoms with Crippen molar-refractivity contribution in [2.45, 2.75) is 51.6 Å². The number of nitrogens with zero attached hydrogens (tertiary/aromatic N) is 1. The van der Waals surface area contributed by atoms with E-state index >= 15 is 0 Å². The second-order valence-electron chi connectivity index (χ2n) is 5.47. The molecule has 0 N–H and O–H groups in total. The average molecular weight is 261 g/mol. The van der Waals surface area contributed by atoms with Crippen LogP contribution < -0.4 is 4.74 Å². The molecule has 1 fully saturated rings. The van der Waals surface area contributed by atoms with Gasteiger partial charge in [-0.15, -0.1) is 0 Å². The summed E-state index contributed by atoms with van der Waals surface area (Å²) in [6.45, 7) is 4.20. The van der Waals surface area contributed by atoms with Gasteiger partial charge in [-0.25, -0.2) is 0 Å². The summed E-state index contributed by atoms with van der Waals surface area (Å²) in [6.07, 6.45) is 3.75. The van der Waals surface area contributed by atoms with Crippen LogP contribution in [0.2, 0.25) is 0 Å². The summed E-state index contributed by atoms with van der Waals surface area (Å²) in [4.78, 5) is 14.3. The van der Waals surface area contributed by atoms with Crippen molar-refractivity contribution in [1.82, 2.24) is 4.90 Å². The monoisotopic (exact) mass is 261 g/mol. The lowest BCUT2D eigenvalue weighted by Crippen LogP contribution is -2.38. The highest BCUT2D eigenvalue weighted by atomic mass is 16.5. The van der Waals surface area contributed by atoms with Gasteiger partial charge < -0.3 is 9.64 Å². The molecule has 0 atom stereocenters. The minimum absolute atomic E-state index is 0.285. The number of carbonyl (C=O) groups is 1. The molecule has 0 spiro atoms. The third-order valence-electron chi connectivity index (χ3n) is 3.57. The number of hydrogen-bond acceptors (Lipinski definition) is 2. The Balaban J connectivity index is 1.88. The van der Waals surface area contributed by atoms with Crippen LogP contribution in [-0.2, 0) is 11.2 Å². The van der Waals surface area contributed by atoms with Crippen LogP contribution in [0.3, 0.4) is 0 Å². The maximum absolute atomic E-state index is 12.3. The Kier molecular flexibility index (Phi) is 4.46. The van der Waals surface area contributed by atoms with Crippen LogP contribution in [0, 0.1) is 0 Å². The molecule has 0 radical (unpaired) electrons. The SMILES string of the molecule is COc1ccc(CCC(=O)N(C(C)C)C2CC2)cc1. The highest BCUT2D eigenvalue weighted by Crippen LogP contribution is 2.29. The molecule has 1 amide bonds. The van der Waals surface area contributed by atoms with Gasteiger partial charge in [-0.3, -0.25) is 4.79 Å². The van der Waals surface area contributed by atoms with Gasteiger partial charge in [0.1, 0.15) is 5.75 Å². The third-order valence-corrected chi connectivity index (χ3v) is 3.57.